The van der Waals surface area contributed by atoms with Crippen molar-refractivity contribution in [2.45, 2.75) is 38.8 Å². The molecule has 16 heavy (non-hydrogen) atoms. The van der Waals surface area contributed by atoms with E-state index in [2.05, 4.69) is 41.8 Å². The smallest absolute Gasteiger partial charge is 0.0208 e. The van der Waals surface area contributed by atoms with Gasteiger partial charge in [-0.1, -0.05) is 31.2 Å². The van der Waals surface area contributed by atoms with Gasteiger partial charge in [0.2, 0.25) is 0 Å². The van der Waals surface area contributed by atoms with Crippen molar-refractivity contribution in [1.82, 2.24) is 10.6 Å². The highest BCUT2D eigenvalue weighted by atomic mass is 15.0. The number of hydrogen-bond donors (Lipinski definition) is 2. The maximum absolute atomic E-state index is 3.61. The molecule has 1 unspecified atom stereocenters. The van der Waals surface area contributed by atoms with Gasteiger partial charge in [0.05, 0.1) is 0 Å². The second-order valence-corrected chi connectivity index (χ2v) is 4.59. The molecule has 1 saturated heterocycles. The van der Waals surface area contributed by atoms with Gasteiger partial charge < -0.3 is 10.6 Å². The average Bonchev–Trinajstić information content (AvgIpc) is 2.38. The SMILES string of the molecule is CCc1ccc(CNC2CCCNC2)cc1. The maximum Gasteiger partial charge on any atom is 0.0208 e. The van der Waals surface area contributed by atoms with Crippen LogP contribution in [0.5, 0.6) is 0 Å². The van der Waals surface area contributed by atoms with Crippen LogP contribution in [0.2, 0.25) is 0 Å². The molecule has 1 atom stereocenters. The normalized spacial score (nSPS) is 20.9. The van der Waals surface area contributed by atoms with Crippen molar-refractivity contribution in [3.8, 4) is 0 Å². The monoisotopic (exact) mass is 218 g/mol. The zero-order valence-electron chi connectivity index (χ0n) is 10.1. The molecule has 0 aliphatic carbocycles. The molecule has 0 bridgehead atoms. The lowest BCUT2D eigenvalue weighted by molar-refractivity contribution is 0.389. The van der Waals surface area contributed by atoms with E-state index in [0.29, 0.717) is 6.04 Å². The molecule has 1 fully saturated rings. The van der Waals surface area contributed by atoms with Crippen molar-refractivity contribution in [2.75, 3.05) is 13.1 Å². The quantitative estimate of drug-likeness (QED) is 0.808. The van der Waals surface area contributed by atoms with E-state index >= 15 is 0 Å². The van der Waals surface area contributed by atoms with Crippen LogP contribution in [0.4, 0.5) is 0 Å². The summed E-state index contributed by atoms with van der Waals surface area (Å²) >= 11 is 0. The van der Waals surface area contributed by atoms with Crippen LogP contribution in [-0.4, -0.2) is 19.1 Å². The zero-order valence-corrected chi connectivity index (χ0v) is 10.1. The van der Waals surface area contributed by atoms with Gasteiger partial charge in [0.15, 0.2) is 0 Å². The Morgan fingerprint density at radius 1 is 1.25 bits per heavy atom. The highest BCUT2D eigenvalue weighted by Crippen LogP contribution is 2.07. The van der Waals surface area contributed by atoms with E-state index in [-0.39, 0.29) is 0 Å². The van der Waals surface area contributed by atoms with Crippen LogP contribution >= 0.6 is 0 Å². The van der Waals surface area contributed by atoms with Crippen molar-refractivity contribution in [3.05, 3.63) is 35.4 Å². The molecule has 2 nitrogen and oxygen atoms in total. The van der Waals surface area contributed by atoms with Crippen molar-refractivity contribution in [3.63, 3.8) is 0 Å². The van der Waals surface area contributed by atoms with Crippen LogP contribution in [-0.2, 0) is 13.0 Å². The summed E-state index contributed by atoms with van der Waals surface area (Å²) in [5.74, 6) is 0. The molecular weight excluding hydrogens is 196 g/mol. The van der Waals surface area contributed by atoms with Crippen LogP contribution in [0.25, 0.3) is 0 Å². The Balaban J connectivity index is 1.79. The second-order valence-electron chi connectivity index (χ2n) is 4.59. The van der Waals surface area contributed by atoms with E-state index in [9.17, 15) is 0 Å². The van der Waals surface area contributed by atoms with Gasteiger partial charge in [-0.3, -0.25) is 0 Å². The van der Waals surface area contributed by atoms with E-state index in [1.807, 2.05) is 0 Å². The van der Waals surface area contributed by atoms with Crippen LogP contribution in [0, 0.1) is 0 Å². The van der Waals surface area contributed by atoms with Gasteiger partial charge in [-0.15, -0.1) is 0 Å². The number of aryl methyl sites for hydroxylation is 1. The minimum Gasteiger partial charge on any atom is -0.315 e. The first-order chi connectivity index (χ1) is 7.88. The number of benzene rings is 1. The van der Waals surface area contributed by atoms with E-state index in [4.69, 9.17) is 0 Å². The topological polar surface area (TPSA) is 24.1 Å². The second kappa shape index (κ2) is 6.02. The molecule has 2 N–H and O–H groups in total. The van der Waals surface area contributed by atoms with E-state index in [0.717, 1.165) is 19.5 Å². The number of piperidine rings is 1. The predicted octanol–water partition coefficient (Wildman–Crippen LogP) is 2.09. The first-order valence-electron chi connectivity index (χ1n) is 6.40. The molecule has 0 aromatic heterocycles. The highest BCUT2D eigenvalue weighted by molar-refractivity contribution is 5.22. The molecule has 0 saturated carbocycles. The van der Waals surface area contributed by atoms with E-state index in [1.165, 1.54) is 30.5 Å². The first kappa shape index (κ1) is 11.6. The average molecular weight is 218 g/mol. The molecule has 1 aliphatic rings. The lowest BCUT2D eigenvalue weighted by Gasteiger charge is -2.23. The summed E-state index contributed by atoms with van der Waals surface area (Å²) in [4.78, 5) is 0. The predicted molar refractivity (Wildman–Crippen MR) is 68.6 cm³/mol. The van der Waals surface area contributed by atoms with Crippen molar-refractivity contribution in [1.29, 1.82) is 0 Å². The lowest BCUT2D eigenvalue weighted by Crippen LogP contribution is -2.42. The summed E-state index contributed by atoms with van der Waals surface area (Å²) in [6.07, 6.45) is 3.73. The Morgan fingerprint density at radius 3 is 2.62 bits per heavy atom. The Hall–Kier alpha value is -0.860. The molecule has 0 radical (unpaired) electrons. The fourth-order valence-corrected chi connectivity index (χ4v) is 2.18. The Morgan fingerprint density at radius 2 is 2.00 bits per heavy atom. The Labute approximate surface area is 98.4 Å². The molecule has 0 spiro atoms. The van der Waals surface area contributed by atoms with Crippen molar-refractivity contribution < 1.29 is 0 Å². The van der Waals surface area contributed by atoms with Gasteiger partial charge in [-0.05, 0) is 36.9 Å². The van der Waals surface area contributed by atoms with Gasteiger partial charge in [-0.2, -0.15) is 0 Å². The zero-order chi connectivity index (χ0) is 11.2. The first-order valence-corrected chi connectivity index (χ1v) is 6.40. The summed E-state index contributed by atoms with van der Waals surface area (Å²) in [6.45, 7) is 5.49. The molecule has 2 heteroatoms. The molecule has 1 aromatic carbocycles. The van der Waals surface area contributed by atoms with E-state index in [1.54, 1.807) is 0 Å². The molecular formula is C14H22N2. The summed E-state index contributed by atoms with van der Waals surface area (Å²) in [5.41, 5.74) is 2.81. The summed E-state index contributed by atoms with van der Waals surface area (Å²) in [6, 6.07) is 9.59. The van der Waals surface area contributed by atoms with Crippen LogP contribution in [0.1, 0.15) is 30.9 Å². The summed E-state index contributed by atoms with van der Waals surface area (Å²) < 4.78 is 0. The fourth-order valence-electron chi connectivity index (χ4n) is 2.18. The Kier molecular flexibility index (Phi) is 4.37. The third-order valence-corrected chi connectivity index (χ3v) is 3.32. The molecule has 1 heterocycles. The fraction of sp³-hybridized carbons (Fsp3) is 0.571. The van der Waals surface area contributed by atoms with Crippen LogP contribution in [0.3, 0.4) is 0 Å². The molecule has 2 rings (SSSR count). The Bertz CT molecular complexity index is 299. The van der Waals surface area contributed by atoms with Gasteiger partial charge in [-0.25, -0.2) is 0 Å². The van der Waals surface area contributed by atoms with Gasteiger partial charge >= 0.3 is 0 Å². The standard InChI is InChI=1S/C14H22N2/c1-2-12-5-7-13(8-6-12)10-16-14-4-3-9-15-11-14/h5-8,14-16H,2-4,9-11H2,1H3. The van der Waals surface area contributed by atoms with Gasteiger partial charge in [0, 0.05) is 19.1 Å². The number of rotatable bonds is 4. The highest BCUT2D eigenvalue weighted by Gasteiger charge is 2.11. The number of hydrogen-bond acceptors (Lipinski definition) is 2. The minimum atomic E-state index is 0.652. The van der Waals surface area contributed by atoms with Crippen LogP contribution in [0.15, 0.2) is 24.3 Å². The molecule has 88 valence electrons. The van der Waals surface area contributed by atoms with Gasteiger partial charge in [0.1, 0.15) is 0 Å². The lowest BCUT2D eigenvalue weighted by atomic mass is 10.1. The number of nitrogens with one attached hydrogen (secondary N) is 2. The van der Waals surface area contributed by atoms with E-state index < -0.39 is 0 Å². The van der Waals surface area contributed by atoms with Crippen LogP contribution < -0.4 is 10.6 Å². The minimum absolute atomic E-state index is 0.652. The van der Waals surface area contributed by atoms with Crippen molar-refractivity contribution in [2.24, 2.45) is 0 Å². The molecule has 0 amide bonds. The van der Waals surface area contributed by atoms with Gasteiger partial charge in [0.25, 0.3) is 0 Å². The molecule has 1 aromatic rings. The third kappa shape index (κ3) is 3.32. The summed E-state index contributed by atoms with van der Waals surface area (Å²) in [7, 11) is 0. The molecule has 1 aliphatic heterocycles. The third-order valence-electron chi connectivity index (χ3n) is 3.32. The maximum atomic E-state index is 3.61. The largest absolute Gasteiger partial charge is 0.315 e. The van der Waals surface area contributed by atoms with Crippen molar-refractivity contribution >= 4 is 0 Å². The summed E-state index contributed by atoms with van der Waals surface area (Å²) in [5, 5.41) is 7.04.